The fourth-order valence-electron chi connectivity index (χ4n) is 4.11. The number of alkyl halides is 2. The Morgan fingerprint density at radius 3 is 2.88 bits per heavy atom. The number of thiazole rings is 1. The van der Waals surface area contributed by atoms with Gasteiger partial charge in [0.05, 0.1) is 16.3 Å². The number of anilines is 1. The summed E-state index contributed by atoms with van der Waals surface area (Å²) in [6.45, 7) is 3.34. The SMILES string of the molecule is C[C@@H](C(=O)Nc1nc2cc3c(cc2s1)OC(F)(F)O3)N1CCC[C@H](c2ccc(=O)[nH]c2)C1. The minimum absolute atomic E-state index is 0.0565. The van der Waals surface area contributed by atoms with E-state index < -0.39 is 6.29 Å². The zero-order valence-electron chi connectivity index (χ0n) is 17.1. The number of carbonyl (C=O) groups is 1. The lowest BCUT2D eigenvalue weighted by atomic mass is 9.91. The number of aromatic nitrogens is 2. The van der Waals surface area contributed by atoms with Crippen molar-refractivity contribution in [2.75, 3.05) is 18.4 Å². The zero-order valence-corrected chi connectivity index (χ0v) is 17.9. The first-order chi connectivity index (χ1) is 15.3. The molecule has 5 rings (SSSR count). The van der Waals surface area contributed by atoms with Gasteiger partial charge in [-0.1, -0.05) is 17.4 Å². The molecule has 2 aromatic heterocycles. The number of hydrogen-bond acceptors (Lipinski definition) is 7. The van der Waals surface area contributed by atoms with Gasteiger partial charge in [-0.15, -0.1) is 8.78 Å². The van der Waals surface area contributed by atoms with Gasteiger partial charge in [0.1, 0.15) is 0 Å². The molecule has 1 aromatic carbocycles. The number of carbonyl (C=O) groups excluding carboxylic acids is 1. The van der Waals surface area contributed by atoms with Crippen LogP contribution in [0.1, 0.15) is 31.2 Å². The average molecular weight is 462 g/mol. The molecule has 2 aliphatic rings. The molecule has 0 bridgehead atoms. The van der Waals surface area contributed by atoms with Crippen molar-refractivity contribution < 1.29 is 23.0 Å². The number of halogens is 2. The van der Waals surface area contributed by atoms with Crippen LogP contribution in [0.25, 0.3) is 10.2 Å². The van der Waals surface area contributed by atoms with E-state index in [-0.39, 0.29) is 34.9 Å². The molecule has 0 radical (unpaired) electrons. The van der Waals surface area contributed by atoms with Crippen LogP contribution in [-0.2, 0) is 4.79 Å². The Morgan fingerprint density at radius 1 is 1.34 bits per heavy atom. The molecule has 0 unspecified atom stereocenters. The van der Waals surface area contributed by atoms with Crippen LogP contribution < -0.4 is 20.3 Å². The van der Waals surface area contributed by atoms with Gasteiger partial charge in [-0.2, -0.15) is 0 Å². The second kappa shape index (κ2) is 7.82. The molecule has 2 N–H and O–H groups in total. The summed E-state index contributed by atoms with van der Waals surface area (Å²) in [5.41, 5.74) is 1.35. The molecule has 1 fully saturated rings. The molecule has 2 atom stereocenters. The van der Waals surface area contributed by atoms with Crippen LogP contribution in [0.4, 0.5) is 13.9 Å². The van der Waals surface area contributed by atoms with E-state index in [1.54, 1.807) is 6.20 Å². The van der Waals surface area contributed by atoms with Crippen LogP contribution >= 0.6 is 11.3 Å². The maximum atomic E-state index is 13.2. The molecular weight excluding hydrogens is 442 g/mol. The Labute approximate surface area is 185 Å². The maximum Gasteiger partial charge on any atom is 0.586 e. The minimum Gasteiger partial charge on any atom is -0.395 e. The summed E-state index contributed by atoms with van der Waals surface area (Å²) in [5.74, 6) is -0.101. The number of likely N-dealkylation sites (tertiary alicyclic amines) is 1. The van der Waals surface area contributed by atoms with Crippen LogP contribution in [0.15, 0.2) is 35.3 Å². The van der Waals surface area contributed by atoms with Gasteiger partial charge in [-0.25, -0.2) is 4.98 Å². The minimum atomic E-state index is -3.68. The van der Waals surface area contributed by atoms with Crippen LogP contribution in [0.3, 0.4) is 0 Å². The first-order valence-electron chi connectivity index (χ1n) is 10.2. The van der Waals surface area contributed by atoms with Crippen molar-refractivity contribution in [3.63, 3.8) is 0 Å². The number of rotatable bonds is 4. The van der Waals surface area contributed by atoms with Gasteiger partial charge in [0, 0.05) is 30.9 Å². The second-order valence-corrected chi connectivity index (χ2v) is 8.97. The largest absolute Gasteiger partial charge is 0.586 e. The highest BCUT2D eigenvalue weighted by atomic mass is 32.1. The lowest BCUT2D eigenvalue weighted by molar-refractivity contribution is -0.286. The van der Waals surface area contributed by atoms with Crippen molar-refractivity contribution in [1.82, 2.24) is 14.9 Å². The number of ether oxygens (including phenoxy) is 2. The predicted molar refractivity (Wildman–Crippen MR) is 115 cm³/mol. The standard InChI is InChI=1S/C21H20F2N4O4S/c1-11(27-6-2-3-13(10-27)12-4-5-18(28)24-9-12)19(29)26-20-25-14-7-15-16(8-17(14)32-20)31-21(22,23)30-15/h4-5,7-9,11,13H,2-3,6,10H2,1H3,(H,24,28)(H,25,26,29)/t11-,13-/m0/s1. The van der Waals surface area contributed by atoms with Gasteiger partial charge in [0.2, 0.25) is 11.5 Å². The summed E-state index contributed by atoms with van der Waals surface area (Å²) < 4.78 is 36.0. The fraction of sp³-hybridized carbons (Fsp3) is 0.381. The van der Waals surface area contributed by atoms with E-state index in [9.17, 15) is 18.4 Å². The molecule has 1 saturated heterocycles. The van der Waals surface area contributed by atoms with E-state index in [0.29, 0.717) is 21.9 Å². The maximum absolute atomic E-state index is 13.2. The summed E-state index contributed by atoms with van der Waals surface area (Å²) in [4.78, 5) is 33.4. The van der Waals surface area contributed by atoms with Gasteiger partial charge in [0.15, 0.2) is 16.6 Å². The molecule has 0 aliphatic carbocycles. The van der Waals surface area contributed by atoms with Crippen molar-refractivity contribution in [2.24, 2.45) is 0 Å². The second-order valence-electron chi connectivity index (χ2n) is 7.94. The van der Waals surface area contributed by atoms with E-state index in [1.165, 1.54) is 29.5 Å². The quantitative estimate of drug-likeness (QED) is 0.616. The molecule has 8 nitrogen and oxygen atoms in total. The van der Waals surface area contributed by atoms with E-state index >= 15 is 0 Å². The van der Waals surface area contributed by atoms with Crippen molar-refractivity contribution >= 4 is 32.6 Å². The Bertz CT molecular complexity index is 1180. The average Bonchev–Trinajstić information content (AvgIpc) is 3.28. The van der Waals surface area contributed by atoms with E-state index in [4.69, 9.17) is 0 Å². The molecule has 168 valence electrons. The lowest BCUT2D eigenvalue weighted by Crippen LogP contribution is -2.46. The number of piperidine rings is 1. The molecule has 0 saturated carbocycles. The monoisotopic (exact) mass is 462 g/mol. The third-order valence-electron chi connectivity index (χ3n) is 5.80. The van der Waals surface area contributed by atoms with Crippen molar-refractivity contribution in [1.29, 1.82) is 0 Å². The Kier molecular flexibility index (Phi) is 5.09. The van der Waals surface area contributed by atoms with Crippen molar-refractivity contribution in [3.05, 3.63) is 46.4 Å². The molecule has 0 spiro atoms. The molecular formula is C21H20F2N4O4S. The molecule has 4 heterocycles. The number of pyridine rings is 1. The smallest absolute Gasteiger partial charge is 0.395 e. The van der Waals surface area contributed by atoms with Crippen LogP contribution in [0, 0.1) is 0 Å². The van der Waals surface area contributed by atoms with Crippen molar-refractivity contribution in [3.8, 4) is 11.5 Å². The highest BCUT2D eigenvalue weighted by molar-refractivity contribution is 7.22. The fourth-order valence-corrected chi connectivity index (χ4v) is 4.99. The van der Waals surface area contributed by atoms with Gasteiger partial charge < -0.3 is 19.8 Å². The van der Waals surface area contributed by atoms with Gasteiger partial charge in [0.25, 0.3) is 0 Å². The molecule has 11 heteroatoms. The van der Waals surface area contributed by atoms with Crippen LogP contribution in [0.2, 0.25) is 0 Å². The number of H-pyrrole nitrogens is 1. The summed E-state index contributed by atoms with van der Waals surface area (Å²) in [6, 6.07) is 5.77. The predicted octanol–water partition coefficient (Wildman–Crippen LogP) is 3.51. The molecule has 3 aromatic rings. The van der Waals surface area contributed by atoms with Gasteiger partial charge in [-0.05, 0) is 37.8 Å². The van der Waals surface area contributed by atoms with Crippen LogP contribution in [0.5, 0.6) is 11.5 Å². The summed E-state index contributed by atoms with van der Waals surface area (Å²) in [5, 5.41) is 3.21. The van der Waals surface area contributed by atoms with E-state index in [0.717, 1.165) is 24.9 Å². The summed E-state index contributed by atoms with van der Waals surface area (Å²) in [7, 11) is 0. The third kappa shape index (κ3) is 4.05. The van der Waals surface area contributed by atoms with Gasteiger partial charge in [-0.3, -0.25) is 14.5 Å². The molecule has 32 heavy (non-hydrogen) atoms. The molecule has 1 amide bonds. The highest BCUT2D eigenvalue weighted by Gasteiger charge is 2.43. The number of fused-ring (bicyclic) bond motifs is 2. The topological polar surface area (TPSA) is 96.6 Å². The Hall–Kier alpha value is -3.05. The normalized spacial score (nSPS) is 20.9. The Balaban J connectivity index is 1.27. The molecule has 2 aliphatic heterocycles. The zero-order chi connectivity index (χ0) is 22.5. The number of nitrogens with zero attached hydrogens (tertiary/aromatic N) is 2. The van der Waals surface area contributed by atoms with Gasteiger partial charge >= 0.3 is 6.29 Å². The summed E-state index contributed by atoms with van der Waals surface area (Å²) in [6.07, 6.45) is -0.00992. The summed E-state index contributed by atoms with van der Waals surface area (Å²) >= 11 is 1.18. The number of benzene rings is 1. The number of nitrogens with one attached hydrogen (secondary N) is 2. The van der Waals surface area contributed by atoms with E-state index in [1.807, 2.05) is 13.0 Å². The third-order valence-corrected chi connectivity index (χ3v) is 6.73. The number of aromatic amines is 1. The first-order valence-corrected chi connectivity index (χ1v) is 11.0. The van der Waals surface area contributed by atoms with Crippen LogP contribution in [-0.4, -0.2) is 46.2 Å². The first kappa shape index (κ1) is 20.8. The van der Waals surface area contributed by atoms with Crippen molar-refractivity contribution in [2.45, 2.75) is 38.0 Å². The van der Waals surface area contributed by atoms with E-state index in [2.05, 4.69) is 29.7 Å². The Morgan fingerprint density at radius 2 is 2.12 bits per heavy atom. The highest BCUT2D eigenvalue weighted by Crippen LogP contribution is 2.44. The number of hydrogen-bond donors (Lipinski definition) is 2. The number of amides is 1. The lowest BCUT2D eigenvalue weighted by Gasteiger charge is -2.36.